The maximum Gasteiger partial charge on any atom is 0.416 e. The van der Waals surface area contributed by atoms with Crippen LogP contribution in [0.5, 0.6) is 0 Å². The van der Waals surface area contributed by atoms with Crippen LogP contribution in [0.2, 0.25) is 0 Å². The normalized spacial score (nSPS) is 13.5. The lowest BCUT2D eigenvalue weighted by molar-refractivity contribution is -0.137. The zero-order chi connectivity index (χ0) is 15.1. The first-order valence-corrected chi connectivity index (χ1v) is 6.33. The lowest BCUT2D eigenvalue weighted by atomic mass is 10.0. The second-order valence-electron chi connectivity index (χ2n) is 4.25. The topological polar surface area (TPSA) is 64.1 Å². The van der Waals surface area contributed by atoms with E-state index in [0.717, 1.165) is 18.2 Å². The van der Waals surface area contributed by atoms with E-state index >= 15 is 0 Å². The van der Waals surface area contributed by atoms with Crippen LogP contribution in [0.25, 0.3) is 0 Å². The predicted octanol–water partition coefficient (Wildman–Crippen LogP) is 2.87. The van der Waals surface area contributed by atoms with E-state index in [-0.39, 0.29) is 11.3 Å². The van der Waals surface area contributed by atoms with Gasteiger partial charge in [0, 0.05) is 18.3 Å². The van der Waals surface area contributed by atoms with E-state index in [1.54, 1.807) is 7.05 Å². The summed E-state index contributed by atoms with van der Waals surface area (Å²) >= 11 is 3.19. The molecule has 8 heteroatoms. The standard InChI is InChI=1S/C12H11BrF3N3O/c1-19-10(8(13)5-18-19)11(20)7-4-6(12(14,15)16)2-3-9(7)17/h2-5,11,20H,17H2,1H3. The summed E-state index contributed by atoms with van der Waals surface area (Å²) in [7, 11) is 1.58. The summed E-state index contributed by atoms with van der Waals surface area (Å²) in [6.45, 7) is 0. The molecule has 0 fully saturated rings. The molecule has 1 unspecified atom stereocenters. The molecule has 0 saturated heterocycles. The zero-order valence-electron chi connectivity index (χ0n) is 10.3. The number of rotatable bonds is 2. The monoisotopic (exact) mass is 349 g/mol. The molecule has 2 rings (SSSR count). The number of benzene rings is 1. The highest BCUT2D eigenvalue weighted by Crippen LogP contribution is 2.36. The van der Waals surface area contributed by atoms with Crippen LogP contribution in [0.15, 0.2) is 28.9 Å². The van der Waals surface area contributed by atoms with Crippen molar-refractivity contribution in [3.05, 3.63) is 45.7 Å². The molecule has 0 saturated carbocycles. The van der Waals surface area contributed by atoms with Crippen molar-refractivity contribution in [3.8, 4) is 0 Å². The first-order valence-electron chi connectivity index (χ1n) is 5.54. The lowest BCUT2D eigenvalue weighted by Gasteiger charge is -2.17. The van der Waals surface area contributed by atoms with Crippen LogP contribution in [0, 0.1) is 0 Å². The van der Waals surface area contributed by atoms with Gasteiger partial charge in [0.05, 0.1) is 21.9 Å². The summed E-state index contributed by atoms with van der Waals surface area (Å²) < 4.78 is 40.0. The summed E-state index contributed by atoms with van der Waals surface area (Å²) in [4.78, 5) is 0. The summed E-state index contributed by atoms with van der Waals surface area (Å²) in [5.74, 6) is 0. The number of aliphatic hydroxyl groups is 1. The second-order valence-corrected chi connectivity index (χ2v) is 5.10. The summed E-state index contributed by atoms with van der Waals surface area (Å²) in [6, 6.07) is 2.86. The van der Waals surface area contributed by atoms with Crippen molar-refractivity contribution >= 4 is 21.6 Å². The number of hydrogen-bond donors (Lipinski definition) is 2. The van der Waals surface area contributed by atoms with E-state index in [0.29, 0.717) is 10.2 Å². The van der Waals surface area contributed by atoms with Gasteiger partial charge in [-0.1, -0.05) is 0 Å². The Hall–Kier alpha value is -1.54. The molecule has 0 radical (unpaired) electrons. The molecule has 1 aromatic heterocycles. The SMILES string of the molecule is Cn1ncc(Br)c1C(O)c1cc(C(F)(F)F)ccc1N. The van der Waals surface area contributed by atoms with Crippen LogP contribution >= 0.6 is 15.9 Å². The molecule has 2 aromatic rings. The highest BCUT2D eigenvalue weighted by Gasteiger charge is 2.32. The molecule has 1 aromatic carbocycles. The smallest absolute Gasteiger partial charge is 0.398 e. The number of nitrogens with two attached hydrogens (primary N) is 1. The minimum Gasteiger partial charge on any atom is -0.398 e. The van der Waals surface area contributed by atoms with Crippen molar-refractivity contribution in [1.29, 1.82) is 0 Å². The van der Waals surface area contributed by atoms with Gasteiger partial charge in [-0.15, -0.1) is 0 Å². The average Bonchev–Trinajstić information content (AvgIpc) is 2.67. The second kappa shape index (κ2) is 5.10. The number of aromatic nitrogens is 2. The molecule has 0 aliphatic rings. The molecular formula is C12H11BrF3N3O. The van der Waals surface area contributed by atoms with Crippen LogP contribution in [-0.4, -0.2) is 14.9 Å². The van der Waals surface area contributed by atoms with Crippen molar-refractivity contribution in [1.82, 2.24) is 9.78 Å². The Labute approximate surface area is 121 Å². The van der Waals surface area contributed by atoms with Gasteiger partial charge >= 0.3 is 6.18 Å². The Morgan fingerprint density at radius 3 is 2.55 bits per heavy atom. The van der Waals surface area contributed by atoms with Crippen LogP contribution in [0.1, 0.15) is 22.9 Å². The molecule has 0 aliphatic heterocycles. The number of alkyl halides is 3. The Kier molecular flexibility index (Phi) is 3.79. The van der Waals surface area contributed by atoms with Crippen LogP contribution < -0.4 is 5.73 Å². The predicted molar refractivity (Wildman–Crippen MR) is 70.8 cm³/mol. The average molecular weight is 350 g/mol. The zero-order valence-corrected chi connectivity index (χ0v) is 11.9. The molecule has 1 atom stereocenters. The van der Waals surface area contributed by atoms with Gasteiger partial charge in [-0.05, 0) is 34.1 Å². The first-order chi connectivity index (χ1) is 9.21. The number of nitrogens with zero attached hydrogens (tertiary/aromatic N) is 2. The van der Waals surface area contributed by atoms with Gasteiger partial charge in [-0.25, -0.2) is 0 Å². The van der Waals surface area contributed by atoms with E-state index in [2.05, 4.69) is 21.0 Å². The fraction of sp³-hybridized carbons (Fsp3) is 0.250. The molecule has 20 heavy (non-hydrogen) atoms. The molecule has 3 N–H and O–H groups in total. The third-order valence-corrected chi connectivity index (χ3v) is 3.52. The van der Waals surface area contributed by atoms with Crippen LogP contribution in [0.4, 0.5) is 18.9 Å². The maximum atomic E-state index is 12.7. The molecule has 0 spiro atoms. The van der Waals surface area contributed by atoms with Gasteiger partial charge in [-0.3, -0.25) is 4.68 Å². The minimum absolute atomic E-state index is 0.0101. The van der Waals surface area contributed by atoms with Gasteiger partial charge in [-0.2, -0.15) is 18.3 Å². The fourth-order valence-corrected chi connectivity index (χ4v) is 2.43. The Morgan fingerprint density at radius 2 is 2.05 bits per heavy atom. The maximum absolute atomic E-state index is 12.7. The van der Waals surface area contributed by atoms with E-state index < -0.39 is 17.8 Å². The van der Waals surface area contributed by atoms with Crippen molar-refractivity contribution < 1.29 is 18.3 Å². The first kappa shape index (κ1) is 14.9. The third kappa shape index (κ3) is 2.66. The third-order valence-electron chi connectivity index (χ3n) is 2.91. The van der Waals surface area contributed by atoms with Crippen LogP contribution in [-0.2, 0) is 13.2 Å². The van der Waals surface area contributed by atoms with Gasteiger partial charge in [0.1, 0.15) is 6.10 Å². The highest BCUT2D eigenvalue weighted by atomic mass is 79.9. The quantitative estimate of drug-likeness (QED) is 0.819. The lowest BCUT2D eigenvalue weighted by Crippen LogP contribution is -2.12. The van der Waals surface area contributed by atoms with Crippen LogP contribution in [0.3, 0.4) is 0 Å². The molecule has 4 nitrogen and oxygen atoms in total. The van der Waals surface area contributed by atoms with Gasteiger partial charge in [0.25, 0.3) is 0 Å². The molecule has 0 bridgehead atoms. The number of aryl methyl sites for hydroxylation is 1. The number of aliphatic hydroxyl groups excluding tert-OH is 1. The fourth-order valence-electron chi connectivity index (χ4n) is 1.86. The summed E-state index contributed by atoms with van der Waals surface area (Å²) in [5.41, 5.74) is 5.21. The Balaban J connectivity index is 2.52. The Morgan fingerprint density at radius 1 is 1.40 bits per heavy atom. The molecule has 1 heterocycles. The summed E-state index contributed by atoms with van der Waals surface area (Å²) in [5, 5.41) is 14.2. The van der Waals surface area contributed by atoms with Gasteiger partial charge in [0.15, 0.2) is 0 Å². The summed E-state index contributed by atoms with van der Waals surface area (Å²) in [6.07, 6.45) is -4.35. The molecule has 108 valence electrons. The number of nitrogen functional groups attached to an aromatic ring is 1. The molecule has 0 amide bonds. The number of halogens is 4. The van der Waals surface area contributed by atoms with Gasteiger partial charge in [0.2, 0.25) is 0 Å². The van der Waals surface area contributed by atoms with Crippen molar-refractivity contribution in [3.63, 3.8) is 0 Å². The van der Waals surface area contributed by atoms with E-state index in [1.807, 2.05) is 0 Å². The van der Waals surface area contributed by atoms with Crippen molar-refractivity contribution in [2.24, 2.45) is 7.05 Å². The molecular weight excluding hydrogens is 339 g/mol. The highest BCUT2D eigenvalue weighted by molar-refractivity contribution is 9.10. The van der Waals surface area contributed by atoms with Crippen molar-refractivity contribution in [2.75, 3.05) is 5.73 Å². The number of anilines is 1. The van der Waals surface area contributed by atoms with E-state index in [1.165, 1.54) is 10.9 Å². The van der Waals surface area contributed by atoms with E-state index in [4.69, 9.17) is 5.73 Å². The Bertz CT molecular complexity index is 620. The van der Waals surface area contributed by atoms with E-state index in [9.17, 15) is 18.3 Å². The minimum atomic E-state index is -4.49. The van der Waals surface area contributed by atoms with Gasteiger partial charge < -0.3 is 10.8 Å². The van der Waals surface area contributed by atoms with Crippen molar-refractivity contribution in [2.45, 2.75) is 12.3 Å². The largest absolute Gasteiger partial charge is 0.416 e. The molecule has 0 aliphatic carbocycles. The number of hydrogen-bond acceptors (Lipinski definition) is 3.